The fourth-order valence-corrected chi connectivity index (χ4v) is 1.73. The van der Waals surface area contributed by atoms with Crippen LogP contribution in [0.25, 0.3) is 0 Å². The summed E-state index contributed by atoms with van der Waals surface area (Å²) in [4.78, 5) is 22.2. The second-order valence-corrected chi connectivity index (χ2v) is 4.30. The van der Waals surface area contributed by atoms with Crippen molar-refractivity contribution < 1.29 is 28.6 Å². The van der Waals surface area contributed by atoms with Crippen LogP contribution in [-0.4, -0.2) is 43.9 Å². The predicted molar refractivity (Wildman–Crippen MR) is 73.4 cm³/mol. The number of halogens is 1. The Morgan fingerprint density at radius 2 is 1.95 bits per heavy atom. The Bertz CT molecular complexity index is 506. The SMILES string of the molecule is COc1ccc(CCC(=O)NC(CF)C(=O)O)cc1OC. The van der Waals surface area contributed by atoms with Gasteiger partial charge in [-0.15, -0.1) is 0 Å². The number of carboxylic acids is 1. The summed E-state index contributed by atoms with van der Waals surface area (Å²) >= 11 is 0. The largest absolute Gasteiger partial charge is 0.493 e. The summed E-state index contributed by atoms with van der Waals surface area (Å²) in [7, 11) is 3.03. The van der Waals surface area contributed by atoms with Crippen molar-refractivity contribution in [2.24, 2.45) is 0 Å². The van der Waals surface area contributed by atoms with Crippen LogP contribution in [0.1, 0.15) is 12.0 Å². The normalized spacial score (nSPS) is 11.6. The minimum Gasteiger partial charge on any atom is -0.493 e. The summed E-state index contributed by atoms with van der Waals surface area (Å²) in [5, 5.41) is 10.8. The molecule has 6 nitrogen and oxygen atoms in total. The maximum Gasteiger partial charge on any atom is 0.328 e. The van der Waals surface area contributed by atoms with E-state index < -0.39 is 24.6 Å². The van der Waals surface area contributed by atoms with Crippen molar-refractivity contribution in [1.29, 1.82) is 0 Å². The van der Waals surface area contributed by atoms with E-state index in [-0.39, 0.29) is 6.42 Å². The van der Waals surface area contributed by atoms with Gasteiger partial charge in [0.15, 0.2) is 17.5 Å². The molecule has 1 aromatic carbocycles. The second-order valence-electron chi connectivity index (χ2n) is 4.30. The molecule has 1 atom stereocenters. The van der Waals surface area contributed by atoms with Gasteiger partial charge in [-0.1, -0.05) is 6.07 Å². The monoisotopic (exact) mass is 299 g/mol. The average Bonchev–Trinajstić information content (AvgIpc) is 2.49. The van der Waals surface area contributed by atoms with Crippen molar-refractivity contribution in [3.05, 3.63) is 23.8 Å². The molecule has 1 aromatic rings. The zero-order valence-electron chi connectivity index (χ0n) is 11.9. The molecule has 0 bridgehead atoms. The van der Waals surface area contributed by atoms with Crippen LogP contribution in [-0.2, 0) is 16.0 Å². The first kappa shape index (κ1) is 16.7. The van der Waals surface area contributed by atoms with Crippen molar-refractivity contribution >= 4 is 11.9 Å². The molecule has 0 aliphatic carbocycles. The highest BCUT2D eigenvalue weighted by Crippen LogP contribution is 2.27. The molecular formula is C14H18FNO5. The number of aliphatic carboxylic acids is 1. The first-order valence-corrected chi connectivity index (χ1v) is 6.30. The van der Waals surface area contributed by atoms with Crippen molar-refractivity contribution in [2.45, 2.75) is 18.9 Å². The first-order valence-electron chi connectivity index (χ1n) is 6.30. The Hall–Kier alpha value is -2.31. The first-order chi connectivity index (χ1) is 10.0. The van der Waals surface area contributed by atoms with Crippen molar-refractivity contribution in [2.75, 3.05) is 20.9 Å². The smallest absolute Gasteiger partial charge is 0.328 e. The van der Waals surface area contributed by atoms with Gasteiger partial charge in [0, 0.05) is 6.42 Å². The van der Waals surface area contributed by atoms with Crippen LogP contribution in [0, 0.1) is 0 Å². The third kappa shape index (κ3) is 4.94. The number of carbonyl (C=O) groups excluding carboxylic acids is 1. The molecule has 116 valence electrons. The molecule has 7 heteroatoms. The van der Waals surface area contributed by atoms with Crippen molar-refractivity contribution in [3.63, 3.8) is 0 Å². The average molecular weight is 299 g/mol. The molecule has 1 amide bonds. The van der Waals surface area contributed by atoms with Gasteiger partial charge in [-0.25, -0.2) is 9.18 Å². The van der Waals surface area contributed by atoms with E-state index in [1.807, 2.05) is 0 Å². The molecule has 1 rings (SSSR count). The fourth-order valence-electron chi connectivity index (χ4n) is 1.73. The van der Waals surface area contributed by atoms with E-state index in [1.165, 1.54) is 14.2 Å². The summed E-state index contributed by atoms with van der Waals surface area (Å²) in [6, 6.07) is 3.73. The van der Waals surface area contributed by atoms with Gasteiger partial charge in [-0.05, 0) is 24.1 Å². The zero-order valence-corrected chi connectivity index (χ0v) is 11.9. The van der Waals surface area contributed by atoms with E-state index in [9.17, 15) is 14.0 Å². The molecule has 2 N–H and O–H groups in total. The third-order valence-corrected chi connectivity index (χ3v) is 2.88. The van der Waals surface area contributed by atoms with E-state index in [2.05, 4.69) is 5.32 Å². The Morgan fingerprint density at radius 1 is 1.29 bits per heavy atom. The lowest BCUT2D eigenvalue weighted by atomic mass is 10.1. The van der Waals surface area contributed by atoms with Gasteiger partial charge in [0.05, 0.1) is 14.2 Å². The number of carboxylic acid groups (broad SMARTS) is 1. The summed E-state index contributed by atoms with van der Waals surface area (Å²) < 4.78 is 22.6. The van der Waals surface area contributed by atoms with Crippen molar-refractivity contribution in [1.82, 2.24) is 5.32 Å². The predicted octanol–water partition coefficient (Wildman–Crippen LogP) is 1.18. The van der Waals surface area contributed by atoms with Crippen LogP contribution >= 0.6 is 0 Å². The van der Waals surface area contributed by atoms with Crippen LogP contribution in [0.3, 0.4) is 0 Å². The maximum absolute atomic E-state index is 12.4. The Labute approximate surface area is 121 Å². The van der Waals surface area contributed by atoms with Gasteiger partial charge < -0.3 is 19.9 Å². The number of aryl methyl sites for hydroxylation is 1. The van der Waals surface area contributed by atoms with E-state index in [0.29, 0.717) is 17.9 Å². The minimum atomic E-state index is -1.50. The Kier molecular flexibility index (Phi) is 6.45. The number of hydrogen-bond donors (Lipinski definition) is 2. The third-order valence-electron chi connectivity index (χ3n) is 2.88. The van der Waals surface area contributed by atoms with Gasteiger partial charge in [0.2, 0.25) is 5.91 Å². The molecule has 0 aliphatic rings. The number of ether oxygens (including phenoxy) is 2. The van der Waals surface area contributed by atoms with Crippen LogP contribution in [0.15, 0.2) is 18.2 Å². The second kappa shape index (κ2) is 8.08. The Balaban J connectivity index is 2.59. The molecule has 0 radical (unpaired) electrons. The molecule has 0 aromatic heterocycles. The molecule has 0 saturated carbocycles. The molecule has 21 heavy (non-hydrogen) atoms. The highest BCUT2D eigenvalue weighted by molar-refractivity contribution is 5.83. The van der Waals surface area contributed by atoms with E-state index in [1.54, 1.807) is 18.2 Å². The number of benzene rings is 1. The number of rotatable bonds is 8. The lowest BCUT2D eigenvalue weighted by molar-refractivity contribution is -0.142. The summed E-state index contributed by atoms with van der Waals surface area (Å²) in [5.74, 6) is -0.788. The van der Waals surface area contributed by atoms with Gasteiger partial charge >= 0.3 is 5.97 Å². The fraction of sp³-hybridized carbons (Fsp3) is 0.429. The van der Waals surface area contributed by atoms with Gasteiger partial charge in [-0.3, -0.25) is 4.79 Å². The number of carbonyl (C=O) groups is 2. The van der Waals surface area contributed by atoms with Crippen LogP contribution in [0.5, 0.6) is 11.5 Å². The van der Waals surface area contributed by atoms with Crippen LogP contribution < -0.4 is 14.8 Å². The standard InChI is InChI=1S/C14H18FNO5/c1-20-11-5-3-9(7-12(11)21-2)4-6-13(17)16-10(8-15)14(18)19/h3,5,7,10H,4,6,8H2,1-2H3,(H,16,17)(H,18,19). The molecule has 0 fully saturated rings. The quantitative estimate of drug-likeness (QED) is 0.753. The lowest BCUT2D eigenvalue weighted by Gasteiger charge is -2.11. The molecule has 0 heterocycles. The van der Waals surface area contributed by atoms with Gasteiger partial charge in [0.1, 0.15) is 6.67 Å². The molecule has 1 unspecified atom stereocenters. The van der Waals surface area contributed by atoms with Crippen molar-refractivity contribution in [3.8, 4) is 11.5 Å². The van der Waals surface area contributed by atoms with E-state index in [0.717, 1.165) is 5.56 Å². The highest BCUT2D eigenvalue weighted by atomic mass is 19.1. The summed E-state index contributed by atoms with van der Waals surface area (Å²) in [5.41, 5.74) is 0.829. The molecule has 0 spiro atoms. The van der Waals surface area contributed by atoms with Gasteiger partial charge in [-0.2, -0.15) is 0 Å². The summed E-state index contributed by atoms with van der Waals surface area (Å²) in [6.45, 7) is -1.14. The number of alkyl halides is 1. The van der Waals surface area contributed by atoms with E-state index in [4.69, 9.17) is 14.6 Å². The number of nitrogens with one attached hydrogen (secondary N) is 1. The number of methoxy groups -OCH3 is 2. The zero-order chi connectivity index (χ0) is 15.8. The summed E-state index contributed by atoms with van der Waals surface area (Å²) in [6.07, 6.45) is 0.435. The number of amides is 1. The molecule has 0 saturated heterocycles. The van der Waals surface area contributed by atoms with E-state index >= 15 is 0 Å². The van der Waals surface area contributed by atoms with Crippen LogP contribution in [0.4, 0.5) is 4.39 Å². The molecule has 0 aliphatic heterocycles. The number of hydrogen-bond acceptors (Lipinski definition) is 4. The topological polar surface area (TPSA) is 84.9 Å². The maximum atomic E-state index is 12.4. The molecular weight excluding hydrogens is 281 g/mol. The lowest BCUT2D eigenvalue weighted by Crippen LogP contribution is -2.42. The Morgan fingerprint density at radius 3 is 2.48 bits per heavy atom. The minimum absolute atomic E-state index is 0.0548. The van der Waals surface area contributed by atoms with Crippen LogP contribution in [0.2, 0.25) is 0 Å². The van der Waals surface area contributed by atoms with Gasteiger partial charge in [0.25, 0.3) is 0 Å². The highest BCUT2D eigenvalue weighted by Gasteiger charge is 2.19.